The lowest BCUT2D eigenvalue weighted by Crippen LogP contribution is -2.29. The van der Waals surface area contributed by atoms with Gasteiger partial charge in [-0.15, -0.1) is 0 Å². The summed E-state index contributed by atoms with van der Waals surface area (Å²) in [6.07, 6.45) is 3.61. The summed E-state index contributed by atoms with van der Waals surface area (Å²) < 4.78 is 33.5. The van der Waals surface area contributed by atoms with Crippen LogP contribution in [0.5, 0.6) is 5.75 Å². The average Bonchev–Trinajstić information content (AvgIpc) is 2.62. The monoisotopic (exact) mass is 360 g/mol. The van der Waals surface area contributed by atoms with Crippen LogP contribution in [0.15, 0.2) is 47.4 Å². The van der Waals surface area contributed by atoms with Crippen LogP contribution < -0.4 is 14.4 Å². The van der Waals surface area contributed by atoms with E-state index in [0.29, 0.717) is 11.4 Å². The number of nitrogens with zero attached hydrogens (tertiary/aromatic N) is 1. The van der Waals surface area contributed by atoms with Crippen LogP contribution in [-0.4, -0.2) is 28.6 Å². The zero-order valence-corrected chi connectivity index (χ0v) is 15.5. The van der Waals surface area contributed by atoms with Crippen molar-refractivity contribution in [3.63, 3.8) is 0 Å². The zero-order chi connectivity index (χ0) is 17.9. The highest BCUT2D eigenvalue weighted by molar-refractivity contribution is 7.92. The van der Waals surface area contributed by atoms with E-state index < -0.39 is 10.0 Å². The molecule has 0 atom stereocenters. The van der Waals surface area contributed by atoms with Gasteiger partial charge in [0.15, 0.2) is 0 Å². The van der Waals surface area contributed by atoms with Gasteiger partial charge in [0.2, 0.25) is 0 Å². The Hall–Kier alpha value is -2.21. The summed E-state index contributed by atoms with van der Waals surface area (Å²) in [5, 5.41) is 0. The van der Waals surface area contributed by atoms with Crippen LogP contribution in [0.1, 0.15) is 24.8 Å². The van der Waals surface area contributed by atoms with Gasteiger partial charge in [0, 0.05) is 18.8 Å². The normalized spacial score (nSPS) is 15.0. The van der Waals surface area contributed by atoms with E-state index in [-0.39, 0.29) is 4.90 Å². The lowest BCUT2D eigenvalue weighted by atomic mass is 10.1. The molecule has 0 spiro atoms. The van der Waals surface area contributed by atoms with E-state index >= 15 is 0 Å². The first-order valence-electron chi connectivity index (χ1n) is 8.52. The molecule has 134 valence electrons. The van der Waals surface area contributed by atoms with E-state index in [1.54, 1.807) is 18.2 Å². The molecule has 1 aliphatic heterocycles. The third-order valence-electron chi connectivity index (χ3n) is 4.43. The smallest absolute Gasteiger partial charge is 0.265 e. The summed E-state index contributed by atoms with van der Waals surface area (Å²) in [7, 11) is -2.25. The largest absolute Gasteiger partial charge is 0.495 e. The van der Waals surface area contributed by atoms with Crippen LogP contribution in [0.3, 0.4) is 0 Å². The summed E-state index contributed by atoms with van der Waals surface area (Å²) in [4.78, 5) is 2.45. The van der Waals surface area contributed by atoms with E-state index in [9.17, 15) is 8.42 Å². The van der Waals surface area contributed by atoms with Crippen molar-refractivity contribution >= 4 is 21.4 Å². The van der Waals surface area contributed by atoms with Gasteiger partial charge >= 0.3 is 0 Å². The molecule has 5 nitrogen and oxygen atoms in total. The quantitative estimate of drug-likeness (QED) is 0.881. The molecular weight excluding hydrogens is 336 g/mol. The predicted octanol–water partition coefficient (Wildman–Crippen LogP) is 3.79. The molecule has 0 radical (unpaired) electrons. The molecule has 0 bridgehead atoms. The molecule has 0 amide bonds. The van der Waals surface area contributed by atoms with Crippen molar-refractivity contribution in [1.29, 1.82) is 0 Å². The predicted molar refractivity (Wildman–Crippen MR) is 101 cm³/mol. The van der Waals surface area contributed by atoms with E-state index in [4.69, 9.17) is 4.74 Å². The van der Waals surface area contributed by atoms with Crippen molar-refractivity contribution in [2.75, 3.05) is 29.8 Å². The number of anilines is 2. The third-order valence-corrected chi connectivity index (χ3v) is 5.83. The Bertz CT molecular complexity index is 843. The van der Waals surface area contributed by atoms with Gasteiger partial charge in [-0.1, -0.05) is 12.1 Å². The van der Waals surface area contributed by atoms with Gasteiger partial charge in [-0.25, -0.2) is 8.42 Å². The number of methoxy groups -OCH3 is 1. The molecule has 25 heavy (non-hydrogen) atoms. The number of ether oxygens (including phenoxy) is 1. The second-order valence-corrected chi connectivity index (χ2v) is 8.01. The van der Waals surface area contributed by atoms with Gasteiger partial charge < -0.3 is 9.64 Å². The van der Waals surface area contributed by atoms with E-state index in [1.807, 2.05) is 31.2 Å². The highest BCUT2D eigenvalue weighted by atomic mass is 32.2. The average molecular weight is 360 g/mol. The Labute approximate surface area is 149 Å². The molecule has 1 N–H and O–H groups in total. The van der Waals surface area contributed by atoms with Crippen LogP contribution in [0.4, 0.5) is 11.4 Å². The first kappa shape index (κ1) is 17.6. The zero-order valence-electron chi connectivity index (χ0n) is 14.7. The fourth-order valence-electron chi connectivity index (χ4n) is 3.12. The second-order valence-electron chi connectivity index (χ2n) is 6.36. The minimum absolute atomic E-state index is 0.151. The van der Waals surface area contributed by atoms with E-state index in [2.05, 4.69) is 9.62 Å². The molecule has 0 unspecified atom stereocenters. The minimum Gasteiger partial charge on any atom is -0.495 e. The lowest BCUT2D eigenvalue weighted by molar-refractivity contribution is 0.402. The van der Waals surface area contributed by atoms with Gasteiger partial charge in [0.25, 0.3) is 10.0 Å². The molecule has 1 saturated heterocycles. The molecule has 0 aliphatic carbocycles. The van der Waals surface area contributed by atoms with Gasteiger partial charge in [0.1, 0.15) is 10.6 Å². The second kappa shape index (κ2) is 7.35. The lowest BCUT2D eigenvalue weighted by Gasteiger charge is -2.29. The molecule has 2 aromatic carbocycles. The molecule has 0 aromatic heterocycles. The molecule has 3 rings (SSSR count). The van der Waals surface area contributed by atoms with Crippen molar-refractivity contribution in [1.82, 2.24) is 0 Å². The number of hydrogen-bond donors (Lipinski definition) is 1. The van der Waals surface area contributed by atoms with Gasteiger partial charge in [-0.05, 0) is 62.1 Å². The van der Waals surface area contributed by atoms with Gasteiger partial charge in [0.05, 0.1) is 12.8 Å². The summed E-state index contributed by atoms with van der Waals surface area (Å²) in [5.41, 5.74) is 2.48. The van der Waals surface area contributed by atoms with Crippen LogP contribution in [0.25, 0.3) is 0 Å². The molecular formula is C19H24N2O3S. The topological polar surface area (TPSA) is 58.6 Å². The highest BCUT2D eigenvalue weighted by Gasteiger charge is 2.20. The molecule has 6 heteroatoms. The molecule has 1 aliphatic rings. The van der Waals surface area contributed by atoms with E-state index in [0.717, 1.165) is 24.3 Å². The van der Waals surface area contributed by atoms with Crippen LogP contribution in [0, 0.1) is 6.92 Å². The molecule has 2 aromatic rings. The molecule has 1 fully saturated rings. The fraction of sp³-hybridized carbons (Fsp3) is 0.368. The Balaban J connectivity index is 1.87. The Morgan fingerprint density at radius 1 is 1.04 bits per heavy atom. The summed E-state index contributed by atoms with van der Waals surface area (Å²) >= 11 is 0. The minimum atomic E-state index is -3.72. The Morgan fingerprint density at radius 3 is 2.52 bits per heavy atom. The summed E-state index contributed by atoms with van der Waals surface area (Å²) in [6, 6.07) is 12.7. The third kappa shape index (κ3) is 4.07. The highest BCUT2D eigenvalue weighted by Crippen LogP contribution is 2.28. The number of piperidine rings is 1. The van der Waals surface area contributed by atoms with Crippen molar-refractivity contribution < 1.29 is 13.2 Å². The maximum Gasteiger partial charge on any atom is 0.265 e. The number of hydrogen-bond acceptors (Lipinski definition) is 4. The van der Waals surface area contributed by atoms with Crippen molar-refractivity contribution in [3.05, 3.63) is 48.0 Å². The van der Waals surface area contributed by atoms with Crippen LogP contribution >= 0.6 is 0 Å². The summed E-state index contributed by atoms with van der Waals surface area (Å²) in [5.74, 6) is 0.338. The molecule has 1 heterocycles. The number of nitrogens with one attached hydrogen (secondary N) is 1. The number of aryl methyl sites for hydroxylation is 1. The number of rotatable bonds is 5. The first-order chi connectivity index (χ1) is 12.0. The van der Waals surface area contributed by atoms with Crippen molar-refractivity contribution in [2.45, 2.75) is 31.1 Å². The van der Waals surface area contributed by atoms with Crippen LogP contribution in [0.2, 0.25) is 0 Å². The van der Waals surface area contributed by atoms with Crippen molar-refractivity contribution in [3.8, 4) is 5.75 Å². The fourth-order valence-corrected chi connectivity index (χ4v) is 4.43. The maximum atomic E-state index is 12.8. The maximum absolute atomic E-state index is 12.8. The van der Waals surface area contributed by atoms with E-state index in [1.165, 1.54) is 26.4 Å². The summed E-state index contributed by atoms with van der Waals surface area (Å²) in [6.45, 7) is 3.89. The number of benzene rings is 2. The number of sulfonamides is 1. The van der Waals surface area contributed by atoms with Crippen LogP contribution in [-0.2, 0) is 10.0 Å². The first-order valence-corrected chi connectivity index (χ1v) is 10.0. The van der Waals surface area contributed by atoms with Gasteiger partial charge in [-0.3, -0.25) is 4.72 Å². The Kier molecular flexibility index (Phi) is 5.18. The van der Waals surface area contributed by atoms with Gasteiger partial charge in [-0.2, -0.15) is 0 Å². The standard InChI is InChI=1S/C19H24N2O3S/c1-15-9-10-18(24-2)19(13-15)25(22,23)20-16-7-6-8-17(14-16)21-11-4-3-5-12-21/h6-10,13-14,20H,3-5,11-12H2,1-2H3. The Morgan fingerprint density at radius 2 is 1.80 bits per heavy atom. The SMILES string of the molecule is COc1ccc(C)cc1S(=O)(=O)Nc1cccc(N2CCCCC2)c1. The van der Waals surface area contributed by atoms with Crippen molar-refractivity contribution in [2.24, 2.45) is 0 Å². The molecule has 0 saturated carbocycles.